The van der Waals surface area contributed by atoms with Crippen LogP contribution in [0.5, 0.6) is 0 Å². The average Bonchev–Trinajstić information content (AvgIpc) is 2.31. The van der Waals surface area contributed by atoms with Crippen molar-refractivity contribution in [1.82, 2.24) is 4.90 Å². The molecular weight excluding hydrogens is 214 g/mol. The van der Waals surface area contributed by atoms with Crippen LogP contribution in [-0.2, 0) is 9.53 Å². The minimum Gasteiger partial charge on any atom is -0.466 e. The third kappa shape index (κ3) is 7.37. The Labute approximate surface area is 107 Å². The number of ether oxygens (including phenoxy) is 1. The summed E-state index contributed by atoms with van der Waals surface area (Å²) in [6.07, 6.45) is 5.33. The molecule has 0 saturated carbocycles. The Morgan fingerprint density at radius 1 is 1.12 bits per heavy atom. The van der Waals surface area contributed by atoms with Gasteiger partial charge in [0.15, 0.2) is 0 Å². The van der Waals surface area contributed by atoms with E-state index in [9.17, 15) is 4.79 Å². The van der Waals surface area contributed by atoms with E-state index in [1.54, 1.807) is 0 Å². The zero-order chi connectivity index (χ0) is 13.1. The van der Waals surface area contributed by atoms with Crippen molar-refractivity contribution >= 4 is 5.97 Å². The van der Waals surface area contributed by atoms with Crippen LogP contribution in [0.15, 0.2) is 0 Å². The summed E-state index contributed by atoms with van der Waals surface area (Å²) in [5.74, 6) is -0.0547. The molecule has 0 aromatic rings. The van der Waals surface area contributed by atoms with E-state index in [0.717, 1.165) is 19.5 Å². The highest BCUT2D eigenvalue weighted by atomic mass is 16.5. The van der Waals surface area contributed by atoms with Crippen LogP contribution >= 0.6 is 0 Å². The van der Waals surface area contributed by atoms with Gasteiger partial charge in [0.1, 0.15) is 0 Å². The molecule has 0 aromatic heterocycles. The third-order valence-electron chi connectivity index (χ3n) is 3.18. The topological polar surface area (TPSA) is 29.5 Å². The molecule has 0 aliphatic heterocycles. The number of carbonyl (C=O) groups excluding carboxylic acids is 1. The first-order chi connectivity index (χ1) is 8.19. The van der Waals surface area contributed by atoms with Crippen molar-refractivity contribution in [3.63, 3.8) is 0 Å². The first kappa shape index (κ1) is 16.4. The van der Waals surface area contributed by atoms with Gasteiger partial charge in [0.05, 0.1) is 13.0 Å². The Bertz CT molecular complexity index is 191. The lowest BCUT2D eigenvalue weighted by atomic mass is 10.0. The number of hydrogen-bond acceptors (Lipinski definition) is 3. The fourth-order valence-electron chi connectivity index (χ4n) is 2.20. The van der Waals surface area contributed by atoms with Crippen molar-refractivity contribution in [2.45, 2.75) is 65.8 Å². The van der Waals surface area contributed by atoms with Crippen molar-refractivity contribution in [1.29, 1.82) is 0 Å². The Morgan fingerprint density at radius 2 is 1.76 bits per heavy atom. The molecule has 1 atom stereocenters. The average molecular weight is 243 g/mol. The number of hydrogen-bond donors (Lipinski definition) is 0. The summed E-state index contributed by atoms with van der Waals surface area (Å²) in [5, 5.41) is 0. The van der Waals surface area contributed by atoms with E-state index in [4.69, 9.17) is 4.74 Å². The summed E-state index contributed by atoms with van der Waals surface area (Å²) in [6.45, 7) is 10.9. The van der Waals surface area contributed by atoms with E-state index in [0.29, 0.717) is 19.1 Å². The van der Waals surface area contributed by atoms with Gasteiger partial charge in [-0.3, -0.25) is 4.79 Å². The normalized spacial score (nSPS) is 12.8. The monoisotopic (exact) mass is 243 g/mol. The number of nitrogens with zero attached hydrogens (tertiary/aromatic N) is 1. The van der Waals surface area contributed by atoms with Crippen LogP contribution < -0.4 is 0 Å². The van der Waals surface area contributed by atoms with Crippen LogP contribution in [-0.4, -0.2) is 36.6 Å². The third-order valence-corrected chi connectivity index (χ3v) is 3.18. The van der Waals surface area contributed by atoms with Crippen LogP contribution in [0.25, 0.3) is 0 Å². The van der Waals surface area contributed by atoms with Crippen LogP contribution in [0.2, 0.25) is 0 Å². The van der Waals surface area contributed by atoms with Crippen molar-refractivity contribution in [2.75, 3.05) is 19.7 Å². The molecular formula is C14H29NO2. The molecule has 0 amide bonds. The van der Waals surface area contributed by atoms with Gasteiger partial charge in [-0.2, -0.15) is 0 Å². The molecule has 0 aliphatic rings. The highest BCUT2D eigenvalue weighted by molar-refractivity contribution is 5.70. The minimum absolute atomic E-state index is 0.0547. The first-order valence-electron chi connectivity index (χ1n) is 7.09. The van der Waals surface area contributed by atoms with Gasteiger partial charge >= 0.3 is 5.97 Å². The Kier molecular flexibility index (Phi) is 10.2. The van der Waals surface area contributed by atoms with Gasteiger partial charge in [-0.25, -0.2) is 0 Å². The zero-order valence-electron chi connectivity index (χ0n) is 12.0. The molecule has 0 bridgehead atoms. The molecule has 0 saturated heterocycles. The molecule has 3 heteroatoms. The lowest BCUT2D eigenvalue weighted by Gasteiger charge is -2.29. The predicted molar refractivity (Wildman–Crippen MR) is 72.1 cm³/mol. The maximum absolute atomic E-state index is 11.6. The summed E-state index contributed by atoms with van der Waals surface area (Å²) >= 11 is 0. The quantitative estimate of drug-likeness (QED) is 0.436. The number of esters is 1. The molecule has 0 fully saturated rings. The van der Waals surface area contributed by atoms with Gasteiger partial charge in [-0.05, 0) is 26.4 Å². The van der Waals surface area contributed by atoms with Gasteiger partial charge in [0, 0.05) is 6.04 Å². The summed E-state index contributed by atoms with van der Waals surface area (Å²) in [6, 6.07) is 0.357. The van der Waals surface area contributed by atoms with Crippen LogP contribution in [0.1, 0.15) is 59.8 Å². The molecule has 17 heavy (non-hydrogen) atoms. The smallest absolute Gasteiger partial charge is 0.307 e. The molecule has 0 spiro atoms. The second-order valence-corrected chi connectivity index (χ2v) is 4.38. The summed E-state index contributed by atoms with van der Waals surface area (Å²) in [4.78, 5) is 13.9. The standard InChI is InChI=1S/C14H29NO2/c1-5-9-10-11-13(15(6-2)7-3)12-14(16)17-8-4/h13H,5-12H2,1-4H3. The highest BCUT2D eigenvalue weighted by Gasteiger charge is 2.19. The van der Waals surface area contributed by atoms with E-state index >= 15 is 0 Å². The van der Waals surface area contributed by atoms with E-state index in [1.807, 2.05) is 6.92 Å². The fourth-order valence-corrected chi connectivity index (χ4v) is 2.20. The van der Waals surface area contributed by atoms with Crippen LogP contribution in [0.4, 0.5) is 0 Å². The van der Waals surface area contributed by atoms with Crippen molar-refractivity contribution in [3.05, 3.63) is 0 Å². The van der Waals surface area contributed by atoms with Gasteiger partial charge in [0.2, 0.25) is 0 Å². The Morgan fingerprint density at radius 3 is 2.24 bits per heavy atom. The van der Waals surface area contributed by atoms with E-state index in [1.165, 1.54) is 19.3 Å². The number of unbranched alkanes of at least 4 members (excludes halogenated alkanes) is 2. The second kappa shape index (κ2) is 10.6. The highest BCUT2D eigenvalue weighted by Crippen LogP contribution is 2.14. The molecule has 1 unspecified atom stereocenters. The maximum Gasteiger partial charge on any atom is 0.307 e. The molecule has 0 N–H and O–H groups in total. The van der Waals surface area contributed by atoms with Crippen LogP contribution in [0, 0.1) is 0 Å². The van der Waals surface area contributed by atoms with E-state index < -0.39 is 0 Å². The van der Waals surface area contributed by atoms with Gasteiger partial charge < -0.3 is 9.64 Å². The molecule has 0 radical (unpaired) electrons. The molecule has 0 aliphatic carbocycles. The molecule has 0 rings (SSSR count). The largest absolute Gasteiger partial charge is 0.466 e. The zero-order valence-corrected chi connectivity index (χ0v) is 12.0. The summed E-state index contributed by atoms with van der Waals surface area (Å²) < 4.78 is 5.05. The molecule has 0 aromatic carbocycles. The summed E-state index contributed by atoms with van der Waals surface area (Å²) in [7, 11) is 0. The van der Waals surface area contributed by atoms with Gasteiger partial charge in [-0.15, -0.1) is 0 Å². The predicted octanol–water partition coefficient (Wildman–Crippen LogP) is 3.23. The lowest BCUT2D eigenvalue weighted by molar-refractivity contribution is -0.144. The van der Waals surface area contributed by atoms with Crippen LogP contribution in [0.3, 0.4) is 0 Å². The maximum atomic E-state index is 11.6. The van der Waals surface area contributed by atoms with Crippen molar-refractivity contribution in [2.24, 2.45) is 0 Å². The second-order valence-electron chi connectivity index (χ2n) is 4.38. The molecule has 102 valence electrons. The summed E-state index contributed by atoms with van der Waals surface area (Å²) in [5.41, 5.74) is 0. The van der Waals surface area contributed by atoms with E-state index in [2.05, 4.69) is 25.7 Å². The SMILES string of the molecule is CCCCCC(CC(=O)OCC)N(CC)CC. The molecule has 3 nitrogen and oxygen atoms in total. The van der Waals surface area contributed by atoms with Crippen molar-refractivity contribution in [3.8, 4) is 0 Å². The van der Waals surface area contributed by atoms with Gasteiger partial charge in [-0.1, -0.05) is 40.0 Å². The van der Waals surface area contributed by atoms with Crippen molar-refractivity contribution < 1.29 is 9.53 Å². The van der Waals surface area contributed by atoms with Gasteiger partial charge in [0.25, 0.3) is 0 Å². The lowest BCUT2D eigenvalue weighted by Crippen LogP contribution is -2.37. The van der Waals surface area contributed by atoms with E-state index in [-0.39, 0.29) is 5.97 Å². The first-order valence-corrected chi connectivity index (χ1v) is 7.09. The number of rotatable bonds is 10. The Hall–Kier alpha value is -0.570. The Balaban J connectivity index is 4.22. The fraction of sp³-hybridized carbons (Fsp3) is 0.929. The molecule has 0 heterocycles. The minimum atomic E-state index is -0.0547. The number of carbonyl (C=O) groups is 1.